The largest absolute Gasteiger partial charge is 0.478 e. The Kier molecular flexibility index (Phi) is 8.24. The molecule has 0 aliphatic rings. The number of benzene rings is 3. The van der Waals surface area contributed by atoms with Gasteiger partial charge >= 0.3 is 12.0 Å². The number of carboxylic acids is 1. The summed E-state index contributed by atoms with van der Waals surface area (Å²) in [7, 11) is 0. The molecule has 4 rings (SSSR count). The Morgan fingerprint density at radius 3 is 1.85 bits per heavy atom. The number of aryl methyl sites for hydroxylation is 2. The highest BCUT2D eigenvalue weighted by atomic mass is 19.2. The van der Waals surface area contributed by atoms with E-state index < -0.39 is 35.2 Å². The number of nitrogens with zero attached hydrogens (tertiary/aromatic N) is 3. The molecule has 1 aromatic heterocycles. The lowest BCUT2D eigenvalue weighted by Gasteiger charge is -2.39. The van der Waals surface area contributed by atoms with Gasteiger partial charge in [-0.1, -0.05) is 74.5 Å². The van der Waals surface area contributed by atoms with Gasteiger partial charge in [-0.3, -0.25) is 4.79 Å². The number of rotatable bonds is 10. The highest BCUT2D eigenvalue weighted by molar-refractivity contribution is 5.96. The molecule has 1 unspecified atom stereocenters. The van der Waals surface area contributed by atoms with Crippen LogP contribution in [0.3, 0.4) is 0 Å². The Morgan fingerprint density at radius 2 is 1.38 bits per heavy atom. The summed E-state index contributed by atoms with van der Waals surface area (Å²) < 4.78 is 33.6. The number of nitrogens with one attached hydrogen (secondary N) is 1. The second kappa shape index (κ2) is 11.8. The molecular weight excluding hydrogens is 506 g/mol. The lowest BCUT2D eigenvalue weighted by atomic mass is 9.77. The van der Waals surface area contributed by atoms with Crippen LogP contribution in [0.5, 0.6) is 6.01 Å². The maximum atomic E-state index is 14.0. The van der Waals surface area contributed by atoms with E-state index in [0.717, 1.165) is 18.2 Å². The molecule has 0 saturated carbocycles. The van der Waals surface area contributed by atoms with E-state index in [0.29, 0.717) is 35.6 Å². The first-order valence-corrected chi connectivity index (χ1v) is 12.3. The molecule has 2 N–H and O–H groups in total. The molecule has 8 nitrogen and oxygen atoms in total. The minimum atomic E-state index is -1.86. The topological polar surface area (TPSA) is 114 Å². The maximum absolute atomic E-state index is 14.0. The molecule has 0 fully saturated rings. The highest BCUT2D eigenvalue weighted by Crippen LogP contribution is 2.36. The van der Waals surface area contributed by atoms with Crippen molar-refractivity contribution in [2.45, 2.75) is 38.3 Å². The van der Waals surface area contributed by atoms with E-state index in [-0.39, 0.29) is 11.6 Å². The van der Waals surface area contributed by atoms with Gasteiger partial charge in [0.2, 0.25) is 6.10 Å². The van der Waals surface area contributed by atoms with E-state index in [9.17, 15) is 23.5 Å². The van der Waals surface area contributed by atoms with Crippen LogP contribution in [0.1, 0.15) is 47.0 Å². The minimum absolute atomic E-state index is 0.212. The molecule has 200 valence electrons. The van der Waals surface area contributed by atoms with Gasteiger partial charge in [-0.05, 0) is 29.3 Å². The summed E-state index contributed by atoms with van der Waals surface area (Å²) in [5.41, 5.74) is -1.35. The van der Waals surface area contributed by atoms with Crippen LogP contribution in [0, 0.1) is 11.6 Å². The summed E-state index contributed by atoms with van der Waals surface area (Å²) >= 11 is 0. The molecular formula is C29H26F2N4O4. The van der Waals surface area contributed by atoms with Crippen molar-refractivity contribution in [3.63, 3.8) is 0 Å². The predicted molar refractivity (Wildman–Crippen MR) is 138 cm³/mol. The van der Waals surface area contributed by atoms with E-state index in [1.54, 1.807) is 60.7 Å². The van der Waals surface area contributed by atoms with Crippen molar-refractivity contribution in [1.29, 1.82) is 0 Å². The SMILES string of the molecule is CCc1nc(CC)nc(OC(C(=O)O)C(NC(=O)c2ccc(F)c(F)c2)(c2ccccc2)c2ccccc2)n1. The van der Waals surface area contributed by atoms with Crippen molar-refractivity contribution in [1.82, 2.24) is 20.3 Å². The maximum Gasteiger partial charge on any atom is 0.348 e. The molecule has 10 heteroatoms. The van der Waals surface area contributed by atoms with Gasteiger partial charge in [-0.2, -0.15) is 9.97 Å². The number of halogens is 2. The van der Waals surface area contributed by atoms with Crippen molar-refractivity contribution in [3.05, 3.63) is 119 Å². The molecule has 0 saturated heterocycles. The average molecular weight is 533 g/mol. The highest BCUT2D eigenvalue weighted by Gasteiger charge is 2.50. The van der Waals surface area contributed by atoms with Gasteiger partial charge in [0.25, 0.3) is 5.91 Å². The van der Waals surface area contributed by atoms with Crippen molar-refractivity contribution in [3.8, 4) is 6.01 Å². The third-order valence-corrected chi connectivity index (χ3v) is 6.13. The number of aliphatic carboxylic acids is 1. The van der Waals surface area contributed by atoms with Gasteiger partial charge in [0.05, 0.1) is 0 Å². The Morgan fingerprint density at radius 1 is 0.846 bits per heavy atom. The summed E-state index contributed by atoms with van der Waals surface area (Å²) in [4.78, 5) is 39.4. The van der Waals surface area contributed by atoms with Crippen LogP contribution >= 0.6 is 0 Å². The summed E-state index contributed by atoms with van der Waals surface area (Å²) in [6, 6.07) is 19.2. The Bertz CT molecular complexity index is 1410. The van der Waals surface area contributed by atoms with Crippen molar-refractivity contribution >= 4 is 11.9 Å². The lowest BCUT2D eigenvalue weighted by molar-refractivity contribution is -0.148. The summed E-state index contributed by atoms with van der Waals surface area (Å²) in [6.45, 7) is 3.68. The molecule has 3 aromatic carbocycles. The van der Waals surface area contributed by atoms with E-state index in [1.807, 2.05) is 13.8 Å². The van der Waals surface area contributed by atoms with Crippen LogP contribution < -0.4 is 10.1 Å². The van der Waals surface area contributed by atoms with Crippen molar-refractivity contribution < 1.29 is 28.2 Å². The second-order valence-corrected chi connectivity index (χ2v) is 8.62. The average Bonchev–Trinajstić information content (AvgIpc) is 2.96. The summed E-state index contributed by atoms with van der Waals surface area (Å²) in [6.07, 6.45) is -0.883. The second-order valence-electron chi connectivity index (χ2n) is 8.62. The first kappa shape index (κ1) is 27.3. The quantitative estimate of drug-likeness (QED) is 0.310. The zero-order chi connectivity index (χ0) is 28.0. The van der Waals surface area contributed by atoms with E-state index in [4.69, 9.17) is 4.74 Å². The summed E-state index contributed by atoms with van der Waals surface area (Å²) in [5.74, 6) is -3.79. The van der Waals surface area contributed by atoms with Crippen LogP contribution in [-0.4, -0.2) is 38.0 Å². The Labute approximate surface area is 223 Å². The fraction of sp³-hybridized carbons (Fsp3) is 0.207. The van der Waals surface area contributed by atoms with Crippen LogP contribution in [0.4, 0.5) is 8.78 Å². The fourth-order valence-corrected chi connectivity index (χ4v) is 4.21. The van der Waals surface area contributed by atoms with Crippen LogP contribution in [0.15, 0.2) is 78.9 Å². The van der Waals surface area contributed by atoms with Gasteiger partial charge in [0.15, 0.2) is 11.6 Å². The van der Waals surface area contributed by atoms with Crippen molar-refractivity contribution in [2.75, 3.05) is 0 Å². The fourth-order valence-electron chi connectivity index (χ4n) is 4.21. The van der Waals surface area contributed by atoms with Gasteiger partial charge in [0.1, 0.15) is 17.2 Å². The molecule has 0 spiro atoms. The normalized spacial score (nSPS) is 12.0. The Balaban J connectivity index is 1.94. The molecule has 0 aliphatic carbocycles. The monoisotopic (exact) mass is 532 g/mol. The van der Waals surface area contributed by atoms with Crippen LogP contribution in [0.2, 0.25) is 0 Å². The molecule has 1 amide bonds. The molecule has 0 bridgehead atoms. The molecule has 0 aliphatic heterocycles. The van der Waals surface area contributed by atoms with E-state index >= 15 is 0 Å². The van der Waals surface area contributed by atoms with Crippen molar-refractivity contribution in [2.24, 2.45) is 0 Å². The third kappa shape index (κ3) is 5.74. The number of amides is 1. The van der Waals surface area contributed by atoms with Gasteiger partial charge in [-0.15, -0.1) is 0 Å². The van der Waals surface area contributed by atoms with Gasteiger partial charge < -0.3 is 15.2 Å². The number of hydrogen-bond donors (Lipinski definition) is 2. The number of carboxylic acid groups (broad SMARTS) is 1. The first-order chi connectivity index (χ1) is 18.8. The van der Waals surface area contributed by atoms with Gasteiger partial charge in [0, 0.05) is 18.4 Å². The van der Waals surface area contributed by atoms with Crippen LogP contribution in [-0.2, 0) is 23.2 Å². The number of ether oxygens (including phenoxy) is 1. The van der Waals surface area contributed by atoms with E-state index in [2.05, 4.69) is 20.3 Å². The molecule has 0 radical (unpaired) electrons. The third-order valence-electron chi connectivity index (χ3n) is 6.13. The summed E-state index contributed by atoms with van der Waals surface area (Å²) in [5, 5.41) is 13.3. The van der Waals surface area contributed by atoms with Gasteiger partial charge in [-0.25, -0.2) is 18.6 Å². The zero-order valence-corrected chi connectivity index (χ0v) is 21.3. The molecule has 39 heavy (non-hydrogen) atoms. The molecule has 4 aromatic rings. The smallest absolute Gasteiger partial charge is 0.348 e. The van der Waals surface area contributed by atoms with Crippen LogP contribution in [0.25, 0.3) is 0 Å². The molecule has 1 heterocycles. The molecule has 1 atom stereocenters. The standard InChI is InChI=1S/C29H26F2N4O4/c1-3-23-32-24(4-2)34-28(33-23)39-25(27(37)38)29(19-11-7-5-8-12-19,20-13-9-6-10-14-20)35-26(36)18-15-16-21(30)22(31)17-18/h5-17,25H,3-4H2,1-2H3,(H,35,36)(H,37,38). The minimum Gasteiger partial charge on any atom is -0.478 e. The number of carbonyl (C=O) groups is 2. The van der Waals surface area contributed by atoms with E-state index in [1.165, 1.54) is 0 Å². The zero-order valence-electron chi connectivity index (χ0n) is 21.3. The number of hydrogen-bond acceptors (Lipinski definition) is 6. The first-order valence-electron chi connectivity index (χ1n) is 12.3. The lowest BCUT2D eigenvalue weighted by Crippen LogP contribution is -2.60. The number of aromatic nitrogens is 3. The predicted octanol–water partition coefficient (Wildman–Crippen LogP) is 4.48. The number of carbonyl (C=O) groups excluding carboxylic acids is 1. The Hall–Kier alpha value is -4.73.